The predicted octanol–water partition coefficient (Wildman–Crippen LogP) is 4.14. The standard InChI is InChI=1S/C18H23N3OS/c1-10-8-7-9-11(2)16(10)21-17(22)15(6)23-18-19-13(4)12(3)14(5)20-18/h7-9,15H,1-6H3,(H,21,22)/t15-/m1/s1. The van der Waals surface area contributed by atoms with Gasteiger partial charge in [-0.25, -0.2) is 9.97 Å². The number of hydrogen-bond donors (Lipinski definition) is 1. The highest BCUT2D eigenvalue weighted by Gasteiger charge is 2.18. The number of benzene rings is 1. The molecule has 0 aliphatic heterocycles. The van der Waals surface area contributed by atoms with E-state index in [9.17, 15) is 4.79 Å². The molecule has 1 amide bonds. The molecule has 0 spiro atoms. The van der Waals surface area contributed by atoms with E-state index in [1.807, 2.05) is 59.7 Å². The number of aromatic nitrogens is 2. The number of rotatable bonds is 4. The van der Waals surface area contributed by atoms with Gasteiger partial charge in [0.25, 0.3) is 0 Å². The molecule has 122 valence electrons. The first kappa shape index (κ1) is 17.5. The Kier molecular flexibility index (Phi) is 5.42. The molecular formula is C18H23N3OS. The molecule has 1 aromatic heterocycles. The highest BCUT2D eigenvalue weighted by Crippen LogP contribution is 2.25. The van der Waals surface area contributed by atoms with Gasteiger partial charge in [0.05, 0.1) is 5.25 Å². The fraction of sp³-hybridized carbons (Fsp3) is 0.389. The maximum Gasteiger partial charge on any atom is 0.237 e. The Morgan fingerprint density at radius 2 is 1.57 bits per heavy atom. The van der Waals surface area contributed by atoms with Crippen molar-refractivity contribution >= 4 is 23.4 Å². The van der Waals surface area contributed by atoms with Crippen molar-refractivity contribution in [1.82, 2.24) is 9.97 Å². The number of aryl methyl sites for hydroxylation is 4. The second-order valence-electron chi connectivity index (χ2n) is 5.82. The van der Waals surface area contributed by atoms with E-state index in [1.165, 1.54) is 11.8 Å². The monoisotopic (exact) mass is 329 g/mol. The molecule has 1 aromatic carbocycles. The lowest BCUT2D eigenvalue weighted by Crippen LogP contribution is -2.23. The molecule has 0 saturated heterocycles. The van der Waals surface area contributed by atoms with Crippen molar-refractivity contribution in [2.45, 2.75) is 51.9 Å². The normalized spacial score (nSPS) is 12.1. The summed E-state index contributed by atoms with van der Waals surface area (Å²) in [6.45, 7) is 11.8. The Balaban J connectivity index is 2.12. The highest BCUT2D eigenvalue weighted by molar-refractivity contribution is 8.00. The first-order valence-corrected chi connectivity index (χ1v) is 8.53. The number of nitrogens with zero attached hydrogens (tertiary/aromatic N) is 2. The number of hydrogen-bond acceptors (Lipinski definition) is 4. The Morgan fingerprint density at radius 3 is 2.09 bits per heavy atom. The highest BCUT2D eigenvalue weighted by atomic mass is 32.2. The molecule has 4 nitrogen and oxygen atoms in total. The van der Waals surface area contributed by atoms with E-state index in [0.717, 1.165) is 33.8 Å². The third-order valence-electron chi connectivity index (χ3n) is 3.99. The van der Waals surface area contributed by atoms with Crippen LogP contribution in [0.25, 0.3) is 0 Å². The second-order valence-corrected chi connectivity index (χ2v) is 7.13. The van der Waals surface area contributed by atoms with Crippen molar-refractivity contribution in [3.63, 3.8) is 0 Å². The van der Waals surface area contributed by atoms with Gasteiger partial charge in [-0.05, 0) is 58.2 Å². The van der Waals surface area contributed by atoms with Gasteiger partial charge < -0.3 is 5.32 Å². The van der Waals surface area contributed by atoms with E-state index in [1.54, 1.807) is 0 Å². The number of amides is 1. The van der Waals surface area contributed by atoms with E-state index in [0.29, 0.717) is 5.16 Å². The minimum atomic E-state index is -0.268. The van der Waals surface area contributed by atoms with Crippen LogP contribution in [-0.4, -0.2) is 21.1 Å². The van der Waals surface area contributed by atoms with Gasteiger partial charge >= 0.3 is 0 Å². The molecule has 1 heterocycles. The summed E-state index contributed by atoms with van der Waals surface area (Å²) in [4.78, 5) is 21.4. The van der Waals surface area contributed by atoms with Crippen molar-refractivity contribution in [3.05, 3.63) is 46.3 Å². The largest absolute Gasteiger partial charge is 0.325 e. The predicted molar refractivity (Wildman–Crippen MR) is 96.1 cm³/mol. The van der Waals surface area contributed by atoms with Crippen LogP contribution >= 0.6 is 11.8 Å². The van der Waals surface area contributed by atoms with Crippen molar-refractivity contribution < 1.29 is 4.79 Å². The SMILES string of the molecule is Cc1cccc(C)c1NC(=O)[C@@H](C)Sc1nc(C)c(C)c(C)n1. The van der Waals surface area contributed by atoms with Crippen LogP contribution in [0.2, 0.25) is 0 Å². The third kappa shape index (κ3) is 4.10. The molecule has 0 bridgehead atoms. The van der Waals surface area contributed by atoms with E-state index < -0.39 is 0 Å². The van der Waals surface area contributed by atoms with Crippen molar-refractivity contribution in [1.29, 1.82) is 0 Å². The summed E-state index contributed by atoms with van der Waals surface area (Å²) in [5, 5.41) is 3.40. The summed E-state index contributed by atoms with van der Waals surface area (Å²) in [6, 6.07) is 5.98. The number of carbonyl (C=O) groups is 1. The second kappa shape index (κ2) is 7.13. The quantitative estimate of drug-likeness (QED) is 0.676. The molecule has 1 atom stereocenters. The number of thioether (sulfide) groups is 1. The maximum absolute atomic E-state index is 12.5. The molecule has 0 aliphatic rings. The van der Waals surface area contributed by atoms with Crippen LogP contribution in [-0.2, 0) is 4.79 Å². The van der Waals surface area contributed by atoms with Crippen molar-refractivity contribution in [3.8, 4) is 0 Å². The van der Waals surface area contributed by atoms with Crippen LogP contribution in [0.1, 0.15) is 35.0 Å². The molecular weight excluding hydrogens is 306 g/mol. The summed E-state index contributed by atoms with van der Waals surface area (Å²) >= 11 is 1.39. The summed E-state index contributed by atoms with van der Waals surface area (Å²) in [5.41, 5.74) is 6.04. The first-order valence-electron chi connectivity index (χ1n) is 7.65. The van der Waals surface area contributed by atoms with Crippen LogP contribution in [0.5, 0.6) is 0 Å². The van der Waals surface area contributed by atoms with Crippen LogP contribution in [0.4, 0.5) is 5.69 Å². The topological polar surface area (TPSA) is 54.9 Å². The minimum absolute atomic E-state index is 0.0353. The van der Waals surface area contributed by atoms with E-state index in [-0.39, 0.29) is 11.2 Å². The molecule has 0 fully saturated rings. The van der Waals surface area contributed by atoms with Gasteiger partial charge in [0.1, 0.15) is 0 Å². The van der Waals surface area contributed by atoms with Crippen LogP contribution in [0.15, 0.2) is 23.4 Å². The summed E-state index contributed by atoms with van der Waals surface area (Å²) in [6.07, 6.45) is 0. The van der Waals surface area contributed by atoms with Gasteiger partial charge in [-0.1, -0.05) is 30.0 Å². The first-order chi connectivity index (χ1) is 10.8. The molecule has 0 radical (unpaired) electrons. The van der Waals surface area contributed by atoms with Gasteiger partial charge in [-0.15, -0.1) is 0 Å². The number of nitrogens with one attached hydrogen (secondary N) is 1. The fourth-order valence-corrected chi connectivity index (χ4v) is 3.10. The summed E-state index contributed by atoms with van der Waals surface area (Å²) in [5.74, 6) is -0.0353. The molecule has 0 unspecified atom stereocenters. The van der Waals surface area contributed by atoms with E-state index >= 15 is 0 Å². The third-order valence-corrected chi connectivity index (χ3v) is 4.95. The van der Waals surface area contributed by atoms with E-state index in [2.05, 4.69) is 15.3 Å². The van der Waals surface area contributed by atoms with Gasteiger partial charge in [0.15, 0.2) is 5.16 Å². The minimum Gasteiger partial charge on any atom is -0.325 e. The zero-order valence-corrected chi connectivity index (χ0v) is 15.3. The van der Waals surface area contributed by atoms with Crippen molar-refractivity contribution in [2.24, 2.45) is 0 Å². The summed E-state index contributed by atoms with van der Waals surface area (Å²) in [7, 11) is 0. The average molecular weight is 329 g/mol. The van der Waals surface area contributed by atoms with Crippen LogP contribution in [0, 0.1) is 34.6 Å². The average Bonchev–Trinajstić information content (AvgIpc) is 2.48. The number of para-hydroxylation sites is 1. The smallest absolute Gasteiger partial charge is 0.237 e. The Hall–Kier alpha value is -1.88. The summed E-state index contributed by atoms with van der Waals surface area (Å²) < 4.78 is 0. The van der Waals surface area contributed by atoms with Gasteiger partial charge in [-0.2, -0.15) is 0 Å². The molecule has 2 aromatic rings. The fourth-order valence-electron chi connectivity index (χ4n) is 2.24. The molecule has 5 heteroatoms. The molecule has 0 aliphatic carbocycles. The van der Waals surface area contributed by atoms with Crippen molar-refractivity contribution in [2.75, 3.05) is 5.32 Å². The van der Waals surface area contributed by atoms with Gasteiger partial charge in [-0.3, -0.25) is 4.79 Å². The Labute approximate surface area is 142 Å². The molecule has 23 heavy (non-hydrogen) atoms. The zero-order chi connectivity index (χ0) is 17.1. The lowest BCUT2D eigenvalue weighted by atomic mass is 10.1. The number of carbonyl (C=O) groups excluding carboxylic acids is 1. The van der Waals surface area contributed by atoms with Crippen LogP contribution < -0.4 is 5.32 Å². The van der Waals surface area contributed by atoms with Crippen LogP contribution in [0.3, 0.4) is 0 Å². The lowest BCUT2D eigenvalue weighted by Gasteiger charge is -2.15. The Bertz CT molecular complexity index is 700. The van der Waals surface area contributed by atoms with Gasteiger partial charge in [0, 0.05) is 17.1 Å². The maximum atomic E-state index is 12.5. The Morgan fingerprint density at radius 1 is 1.04 bits per heavy atom. The molecule has 1 N–H and O–H groups in total. The molecule has 0 saturated carbocycles. The number of anilines is 1. The lowest BCUT2D eigenvalue weighted by molar-refractivity contribution is -0.115. The molecule has 2 rings (SSSR count). The zero-order valence-electron chi connectivity index (χ0n) is 14.5. The van der Waals surface area contributed by atoms with Gasteiger partial charge in [0.2, 0.25) is 5.91 Å². The van der Waals surface area contributed by atoms with E-state index in [4.69, 9.17) is 0 Å².